The molecule has 3 N–H and O–H groups in total. The van der Waals surface area contributed by atoms with E-state index in [9.17, 15) is 4.79 Å². The van der Waals surface area contributed by atoms with Gasteiger partial charge in [-0.15, -0.1) is 0 Å². The summed E-state index contributed by atoms with van der Waals surface area (Å²) in [6.07, 6.45) is 0. The molecular formula is C12H21N5O. The number of nitrogens with one attached hydrogen (secondary N) is 1. The standard InChI is InChI=1S/C12H21N5O/c1-5-17-10(9(13)8(2)15-17)16-7-6-14-11(18)12(16,3)4/h5-7,13H2,1-4H3,(H,14,18). The first-order valence-electron chi connectivity index (χ1n) is 6.28. The van der Waals surface area contributed by atoms with Gasteiger partial charge in [-0.3, -0.25) is 4.79 Å². The molecule has 0 radical (unpaired) electrons. The molecule has 1 aromatic heterocycles. The Morgan fingerprint density at radius 3 is 2.78 bits per heavy atom. The van der Waals surface area contributed by atoms with Crippen LogP contribution in [0.3, 0.4) is 0 Å². The van der Waals surface area contributed by atoms with Gasteiger partial charge in [-0.05, 0) is 27.7 Å². The average Bonchev–Trinajstić information content (AvgIpc) is 2.59. The van der Waals surface area contributed by atoms with E-state index in [0.29, 0.717) is 12.2 Å². The summed E-state index contributed by atoms with van der Waals surface area (Å²) in [5.41, 5.74) is 6.99. The Labute approximate surface area is 107 Å². The van der Waals surface area contributed by atoms with Crippen LogP contribution in [0.5, 0.6) is 0 Å². The van der Waals surface area contributed by atoms with Crippen LogP contribution in [0.1, 0.15) is 26.5 Å². The minimum absolute atomic E-state index is 0.0228. The average molecular weight is 251 g/mol. The number of carbonyl (C=O) groups is 1. The molecule has 1 amide bonds. The Balaban J connectivity index is 2.50. The monoisotopic (exact) mass is 251 g/mol. The topological polar surface area (TPSA) is 76.2 Å². The maximum absolute atomic E-state index is 12.0. The van der Waals surface area contributed by atoms with E-state index in [1.54, 1.807) is 0 Å². The summed E-state index contributed by atoms with van der Waals surface area (Å²) >= 11 is 0. The Hall–Kier alpha value is -1.72. The predicted octanol–water partition coefficient (Wildman–Crippen LogP) is 0.508. The molecule has 0 saturated carbocycles. The molecule has 1 aliphatic heterocycles. The first-order chi connectivity index (χ1) is 8.39. The first kappa shape index (κ1) is 12.7. The second-order valence-electron chi connectivity index (χ2n) is 5.11. The van der Waals surface area contributed by atoms with Gasteiger partial charge >= 0.3 is 0 Å². The van der Waals surface area contributed by atoms with Gasteiger partial charge < -0.3 is 16.0 Å². The number of nitrogens with zero attached hydrogens (tertiary/aromatic N) is 3. The molecule has 1 aliphatic rings. The Morgan fingerprint density at radius 1 is 1.50 bits per heavy atom. The molecule has 0 aliphatic carbocycles. The maximum Gasteiger partial charge on any atom is 0.245 e. The molecule has 1 fully saturated rings. The van der Waals surface area contributed by atoms with Crippen LogP contribution in [-0.2, 0) is 11.3 Å². The lowest BCUT2D eigenvalue weighted by molar-refractivity contribution is -0.126. The lowest BCUT2D eigenvalue weighted by Gasteiger charge is -2.42. The van der Waals surface area contributed by atoms with E-state index >= 15 is 0 Å². The minimum Gasteiger partial charge on any atom is -0.394 e. The number of amides is 1. The highest BCUT2D eigenvalue weighted by molar-refractivity contribution is 5.91. The summed E-state index contributed by atoms with van der Waals surface area (Å²) in [6.45, 7) is 9.84. The van der Waals surface area contributed by atoms with Crippen molar-refractivity contribution in [2.24, 2.45) is 0 Å². The van der Waals surface area contributed by atoms with Gasteiger partial charge in [0.1, 0.15) is 5.54 Å². The molecule has 18 heavy (non-hydrogen) atoms. The van der Waals surface area contributed by atoms with E-state index in [2.05, 4.69) is 10.4 Å². The highest BCUT2D eigenvalue weighted by Crippen LogP contribution is 2.32. The van der Waals surface area contributed by atoms with Crippen LogP contribution >= 0.6 is 0 Å². The number of rotatable bonds is 2. The van der Waals surface area contributed by atoms with Crippen molar-refractivity contribution in [1.29, 1.82) is 0 Å². The third-order valence-corrected chi connectivity index (χ3v) is 3.55. The van der Waals surface area contributed by atoms with Crippen molar-refractivity contribution in [2.75, 3.05) is 23.7 Å². The van der Waals surface area contributed by atoms with Gasteiger partial charge in [-0.2, -0.15) is 5.10 Å². The highest BCUT2D eigenvalue weighted by Gasteiger charge is 2.40. The summed E-state index contributed by atoms with van der Waals surface area (Å²) in [6, 6.07) is 0. The predicted molar refractivity (Wildman–Crippen MR) is 71.5 cm³/mol. The van der Waals surface area contributed by atoms with E-state index in [-0.39, 0.29) is 5.91 Å². The largest absolute Gasteiger partial charge is 0.394 e. The quantitative estimate of drug-likeness (QED) is 0.803. The number of hydrogen-bond acceptors (Lipinski definition) is 4. The Bertz CT molecular complexity index is 477. The first-order valence-corrected chi connectivity index (χ1v) is 6.28. The number of nitrogen functional groups attached to an aromatic ring is 1. The number of anilines is 2. The van der Waals surface area contributed by atoms with E-state index in [4.69, 9.17) is 5.73 Å². The molecule has 1 aromatic rings. The normalized spacial score (nSPS) is 18.9. The van der Waals surface area contributed by atoms with Gasteiger partial charge in [0.15, 0.2) is 5.82 Å². The zero-order chi connectivity index (χ0) is 13.5. The number of carbonyl (C=O) groups excluding carboxylic acids is 1. The van der Waals surface area contributed by atoms with Gasteiger partial charge in [-0.25, -0.2) is 4.68 Å². The zero-order valence-corrected chi connectivity index (χ0v) is 11.4. The van der Waals surface area contributed by atoms with Crippen LogP contribution < -0.4 is 16.0 Å². The number of nitrogens with two attached hydrogens (primary N) is 1. The van der Waals surface area contributed by atoms with E-state index in [0.717, 1.165) is 24.6 Å². The van der Waals surface area contributed by atoms with Crippen molar-refractivity contribution in [3.05, 3.63) is 5.69 Å². The summed E-state index contributed by atoms with van der Waals surface area (Å²) in [7, 11) is 0. The molecule has 100 valence electrons. The number of piperazine rings is 1. The number of aromatic nitrogens is 2. The number of hydrogen-bond donors (Lipinski definition) is 2. The molecule has 0 aromatic carbocycles. The molecule has 2 heterocycles. The van der Waals surface area contributed by atoms with Crippen LogP contribution in [0.4, 0.5) is 11.5 Å². The molecule has 2 rings (SSSR count). The smallest absolute Gasteiger partial charge is 0.245 e. The van der Waals surface area contributed by atoms with Crippen molar-refractivity contribution >= 4 is 17.4 Å². The van der Waals surface area contributed by atoms with Crippen molar-refractivity contribution in [3.8, 4) is 0 Å². The SMILES string of the molecule is CCn1nc(C)c(N)c1N1CCNC(=O)C1(C)C. The number of aryl methyl sites for hydroxylation is 2. The Kier molecular flexibility index (Phi) is 2.96. The van der Waals surface area contributed by atoms with Gasteiger partial charge in [0, 0.05) is 19.6 Å². The van der Waals surface area contributed by atoms with Gasteiger partial charge in [0.05, 0.1) is 11.4 Å². The Morgan fingerprint density at radius 2 is 2.17 bits per heavy atom. The summed E-state index contributed by atoms with van der Waals surface area (Å²) in [5, 5.41) is 7.30. The maximum atomic E-state index is 12.0. The van der Waals surface area contributed by atoms with Crippen LogP contribution in [-0.4, -0.2) is 34.3 Å². The lowest BCUT2D eigenvalue weighted by Crippen LogP contribution is -2.62. The van der Waals surface area contributed by atoms with Crippen LogP contribution in [0.25, 0.3) is 0 Å². The molecule has 1 saturated heterocycles. The van der Waals surface area contributed by atoms with E-state index in [1.807, 2.05) is 37.3 Å². The lowest BCUT2D eigenvalue weighted by atomic mass is 9.99. The molecule has 0 bridgehead atoms. The fourth-order valence-corrected chi connectivity index (χ4v) is 2.36. The van der Waals surface area contributed by atoms with Gasteiger partial charge in [0.25, 0.3) is 0 Å². The molecule has 6 nitrogen and oxygen atoms in total. The second kappa shape index (κ2) is 4.19. The molecule has 0 atom stereocenters. The van der Waals surface area contributed by atoms with Crippen LogP contribution in [0, 0.1) is 6.92 Å². The minimum atomic E-state index is -0.605. The third-order valence-electron chi connectivity index (χ3n) is 3.55. The summed E-state index contributed by atoms with van der Waals surface area (Å²) in [5.74, 6) is 0.879. The molecule has 6 heteroatoms. The van der Waals surface area contributed by atoms with Crippen molar-refractivity contribution in [2.45, 2.75) is 39.8 Å². The van der Waals surface area contributed by atoms with Crippen molar-refractivity contribution in [3.63, 3.8) is 0 Å². The van der Waals surface area contributed by atoms with Crippen molar-refractivity contribution in [1.82, 2.24) is 15.1 Å². The fraction of sp³-hybridized carbons (Fsp3) is 0.667. The fourth-order valence-electron chi connectivity index (χ4n) is 2.36. The van der Waals surface area contributed by atoms with Crippen molar-refractivity contribution < 1.29 is 4.79 Å². The third kappa shape index (κ3) is 1.72. The van der Waals surface area contributed by atoms with E-state index < -0.39 is 5.54 Å². The van der Waals surface area contributed by atoms with E-state index in [1.165, 1.54) is 0 Å². The molecule has 0 spiro atoms. The van der Waals surface area contributed by atoms with Crippen LogP contribution in [0.2, 0.25) is 0 Å². The molecule has 0 unspecified atom stereocenters. The zero-order valence-electron chi connectivity index (χ0n) is 11.4. The van der Waals surface area contributed by atoms with Crippen LogP contribution in [0.15, 0.2) is 0 Å². The second-order valence-corrected chi connectivity index (χ2v) is 5.11. The highest BCUT2D eigenvalue weighted by atomic mass is 16.2. The van der Waals surface area contributed by atoms with Gasteiger partial charge in [-0.1, -0.05) is 0 Å². The molecular weight excluding hydrogens is 230 g/mol. The summed E-state index contributed by atoms with van der Waals surface area (Å²) in [4.78, 5) is 14.0. The summed E-state index contributed by atoms with van der Waals surface area (Å²) < 4.78 is 1.87. The van der Waals surface area contributed by atoms with Gasteiger partial charge in [0.2, 0.25) is 5.91 Å².